The van der Waals surface area contributed by atoms with Gasteiger partial charge in [0.05, 0.1) is 29.3 Å². The molecule has 4 nitrogen and oxygen atoms in total. The summed E-state index contributed by atoms with van der Waals surface area (Å²) in [6.07, 6.45) is 5.62. The molecule has 1 aliphatic rings. The molecular weight excluding hydrogens is 358 g/mol. The van der Waals surface area contributed by atoms with Gasteiger partial charge in [-0.05, 0) is 36.1 Å². The fourth-order valence-electron chi connectivity index (χ4n) is 3.64. The summed E-state index contributed by atoms with van der Waals surface area (Å²) in [5, 5.41) is 3.67. The first-order valence-electron chi connectivity index (χ1n) is 9.35. The van der Waals surface area contributed by atoms with Gasteiger partial charge < -0.3 is 4.74 Å². The Hall–Kier alpha value is -2.11. The summed E-state index contributed by atoms with van der Waals surface area (Å²) in [5.41, 5.74) is 1.19. The van der Waals surface area contributed by atoms with E-state index in [-0.39, 0.29) is 11.8 Å². The maximum absolute atomic E-state index is 13.3. The Morgan fingerprint density at radius 2 is 1.93 bits per heavy atom. The Bertz CT molecular complexity index is 922. The lowest BCUT2D eigenvalue weighted by Crippen LogP contribution is -2.48. The molecule has 0 aromatic heterocycles. The van der Waals surface area contributed by atoms with Crippen LogP contribution in [-0.2, 0) is 9.84 Å². The van der Waals surface area contributed by atoms with Crippen LogP contribution in [0.5, 0.6) is 5.75 Å². The van der Waals surface area contributed by atoms with Crippen LogP contribution in [0.25, 0.3) is 0 Å². The molecule has 1 heterocycles. The van der Waals surface area contributed by atoms with E-state index in [2.05, 4.69) is 12.2 Å². The highest BCUT2D eigenvalue weighted by atomic mass is 32.2. The molecule has 0 radical (unpaired) electrons. The normalized spacial score (nSPS) is 24.3. The van der Waals surface area contributed by atoms with Crippen LogP contribution in [0, 0.1) is 0 Å². The molecule has 0 aliphatic carbocycles. The molecule has 1 N–H and O–H groups in total. The molecule has 0 fully saturated rings. The number of hydrogen-bond donors (Lipinski definition) is 1. The minimum atomic E-state index is -3.50. The Kier molecular flexibility index (Phi) is 5.72. The smallest absolute Gasteiger partial charge is 0.180 e. The molecule has 0 spiro atoms. The first-order valence-corrected chi connectivity index (χ1v) is 11.0. The van der Waals surface area contributed by atoms with Crippen LogP contribution in [0.3, 0.4) is 0 Å². The van der Waals surface area contributed by atoms with Gasteiger partial charge in [-0.2, -0.15) is 0 Å². The number of hydrogen-bond acceptors (Lipinski definition) is 4. The fraction of sp³-hybridized carbons (Fsp3) is 0.364. The van der Waals surface area contributed by atoms with Crippen LogP contribution < -0.4 is 10.1 Å². The van der Waals surface area contributed by atoms with Gasteiger partial charge in [0.15, 0.2) is 9.84 Å². The van der Waals surface area contributed by atoms with Crippen molar-refractivity contribution in [1.29, 1.82) is 0 Å². The van der Waals surface area contributed by atoms with Crippen molar-refractivity contribution in [2.75, 3.05) is 12.9 Å². The minimum absolute atomic E-state index is 0.0243. The van der Waals surface area contributed by atoms with E-state index >= 15 is 0 Å². The van der Waals surface area contributed by atoms with Crippen molar-refractivity contribution >= 4 is 9.84 Å². The van der Waals surface area contributed by atoms with Crippen LogP contribution in [0.1, 0.15) is 43.9 Å². The van der Waals surface area contributed by atoms with Crippen LogP contribution in [0.15, 0.2) is 65.6 Å². The highest BCUT2D eigenvalue weighted by Gasteiger charge is 2.40. The number of allylic oxidation sites excluding steroid dienone is 1. The number of rotatable bonds is 5. The van der Waals surface area contributed by atoms with Gasteiger partial charge in [0.1, 0.15) is 5.75 Å². The summed E-state index contributed by atoms with van der Waals surface area (Å²) in [5.74, 6) is 0.577. The second kappa shape index (κ2) is 7.87. The molecule has 0 amide bonds. The van der Waals surface area contributed by atoms with Gasteiger partial charge in [0, 0.05) is 0 Å². The third-order valence-electron chi connectivity index (χ3n) is 5.18. The number of benzene rings is 2. The Morgan fingerprint density at radius 3 is 2.56 bits per heavy atom. The van der Waals surface area contributed by atoms with E-state index in [1.54, 1.807) is 13.2 Å². The largest absolute Gasteiger partial charge is 0.497 e. The van der Waals surface area contributed by atoms with Gasteiger partial charge in [0.2, 0.25) is 0 Å². The third-order valence-corrected chi connectivity index (χ3v) is 7.10. The first-order chi connectivity index (χ1) is 12.9. The molecule has 144 valence electrons. The second-order valence-electron chi connectivity index (χ2n) is 6.97. The molecule has 3 rings (SSSR count). The maximum atomic E-state index is 13.3. The van der Waals surface area contributed by atoms with E-state index < -0.39 is 15.4 Å². The molecule has 0 bridgehead atoms. The number of fused-ring (bicyclic) bond motifs is 1. The highest BCUT2D eigenvalue weighted by molar-refractivity contribution is 7.91. The molecule has 0 saturated heterocycles. The molecule has 27 heavy (non-hydrogen) atoms. The summed E-state index contributed by atoms with van der Waals surface area (Å²) in [6.45, 7) is 4.08. The molecule has 0 unspecified atom stereocenters. The zero-order chi connectivity index (χ0) is 19.5. The standard InChI is InChI=1S/C22H27NO3S/c1-4-6-14-22(5-2)16-27(24,25)20-15-18(26-3)12-13-19(20)21(23-22)17-10-8-7-9-11-17/h6-15,21,23H,4-5,16H2,1-3H3/t21-,22+/m0/s1. The van der Waals surface area contributed by atoms with Crippen molar-refractivity contribution < 1.29 is 13.2 Å². The molecule has 5 heteroatoms. The van der Waals surface area contributed by atoms with Crippen LogP contribution in [0.4, 0.5) is 0 Å². The van der Waals surface area contributed by atoms with Gasteiger partial charge in [-0.3, -0.25) is 5.32 Å². The Morgan fingerprint density at radius 1 is 1.19 bits per heavy atom. The minimum Gasteiger partial charge on any atom is -0.497 e. The van der Waals surface area contributed by atoms with Gasteiger partial charge >= 0.3 is 0 Å². The number of sulfone groups is 1. The van der Waals surface area contributed by atoms with E-state index in [0.29, 0.717) is 17.1 Å². The molecule has 2 aromatic rings. The summed E-state index contributed by atoms with van der Waals surface area (Å²) in [6, 6.07) is 15.1. The Labute approximate surface area is 162 Å². The summed E-state index contributed by atoms with van der Waals surface area (Å²) in [4.78, 5) is 0.350. The highest BCUT2D eigenvalue weighted by Crippen LogP contribution is 2.38. The van der Waals surface area contributed by atoms with Crippen LogP contribution in [0.2, 0.25) is 0 Å². The SMILES string of the molecule is CCC=C[C@]1(CC)CS(=O)(=O)c2cc(OC)ccc2[C@H](c2ccccc2)N1. The van der Waals surface area contributed by atoms with E-state index in [9.17, 15) is 8.42 Å². The topological polar surface area (TPSA) is 55.4 Å². The first kappa shape index (κ1) is 19.6. The number of methoxy groups -OCH3 is 1. The van der Waals surface area contributed by atoms with Gasteiger partial charge in [0.25, 0.3) is 0 Å². The lowest BCUT2D eigenvalue weighted by molar-refractivity contribution is 0.393. The lowest BCUT2D eigenvalue weighted by Gasteiger charge is -2.33. The van der Waals surface area contributed by atoms with E-state index in [1.165, 1.54) is 0 Å². The van der Waals surface area contributed by atoms with Crippen molar-refractivity contribution in [1.82, 2.24) is 5.32 Å². The van der Waals surface area contributed by atoms with Crippen molar-refractivity contribution in [3.8, 4) is 5.75 Å². The van der Waals surface area contributed by atoms with Gasteiger partial charge in [-0.1, -0.05) is 62.4 Å². The van der Waals surface area contributed by atoms with Crippen molar-refractivity contribution in [2.24, 2.45) is 0 Å². The average Bonchev–Trinajstić information content (AvgIpc) is 2.79. The van der Waals surface area contributed by atoms with Gasteiger partial charge in [-0.15, -0.1) is 0 Å². The maximum Gasteiger partial charge on any atom is 0.180 e. The second-order valence-corrected chi connectivity index (χ2v) is 8.93. The number of ether oxygens (including phenoxy) is 1. The quantitative estimate of drug-likeness (QED) is 0.781. The third kappa shape index (κ3) is 3.94. The summed E-state index contributed by atoms with van der Waals surface area (Å²) in [7, 11) is -1.94. The Balaban J connectivity index is 2.25. The summed E-state index contributed by atoms with van der Waals surface area (Å²) < 4.78 is 32.0. The molecule has 1 aliphatic heterocycles. The van der Waals surface area contributed by atoms with Crippen LogP contribution in [-0.4, -0.2) is 26.8 Å². The zero-order valence-electron chi connectivity index (χ0n) is 16.1. The predicted octanol–water partition coefficient (Wildman–Crippen LogP) is 4.28. The summed E-state index contributed by atoms with van der Waals surface area (Å²) >= 11 is 0. The lowest BCUT2D eigenvalue weighted by atomic mass is 9.91. The van der Waals surface area contributed by atoms with E-state index in [0.717, 1.165) is 17.5 Å². The average molecular weight is 386 g/mol. The zero-order valence-corrected chi connectivity index (χ0v) is 16.9. The van der Waals surface area contributed by atoms with Gasteiger partial charge in [-0.25, -0.2) is 8.42 Å². The predicted molar refractivity (Wildman–Crippen MR) is 109 cm³/mol. The van der Waals surface area contributed by atoms with Crippen molar-refractivity contribution in [3.63, 3.8) is 0 Å². The monoisotopic (exact) mass is 385 g/mol. The molecule has 2 atom stereocenters. The van der Waals surface area contributed by atoms with Crippen molar-refractivity contribution in [3.05, 3.63) is 71.8 Å². The van der Waals surface area contributed by atoms with Crippen LogP contribution >= 0.6 is 0 Å². The van der Waals surface area contributed by atoms with E-state index in [1.807, 2.05) is 61.5 Å². The molecular formula is C22H27NO3S. The van der Waals surface area contributed by atoms with E-state index in [4.69, 9.17) is 4.74 Å². The molecule has 0 saturated carbocycles. The fourth-order valence-corrected chi connectivity index (χ4v) is 5.70. The number of nitrogens with one attached hydrogen (secondary N) is 1. The molecule has 2 aromatic carbocycles. The van der Waals surface area contributed by atoms with Crippen molar-refractivity contribution in [2.45, 2.75) is 43.2 Å².